The normalized spacial score (nSPS) is 11.0. The summed E-state index contributed by atoms with van der Waals surface area (Å²) < 4.78 is 0. The number of halogens is 1. The Kier molecular flexibility index (Phi) is 17.9. The lowest BCUT2D eigenvalue weighted by atomic mass is 10.2. The van der Waals surface area contributed by atoms with Crippen LogP contribution in [0.15, 0.2) is 4.99 Å². The molecule has 0 aromatic carbocycles. The van der Waals surface area contributed by atoms with E-state index in [1.165, 1.54) is 25.7 Å². The summed E-state index contributed by atoms with van der Waals surface area (Å²) in [6.07, 6.45) is 8.28. The lowest BCUT2D eigenvalue weighted by molar-refractivity contribution is 0.652. The summed E-state index contributed by atoms with van der Waals surface area (Å²) in [5.74, 6) is 1.76. The molecule has 16 heavy (non-hydrogen) atoms. The van der Waals surface area contributed by atoms with Gasteiger partial charge in [-0.1, -0.05) is 26.2 Å². The third kappa shape index (κ3) is 14.4. The van der Waals surface area contributed by atoms with E-state index in [-0.39, 0.29) is 24.0 Å². The van der Waals surface area contributed by atoms with Crippen molar-refractivity contribution in [2.75, 3.05) is 25.1 Å². The van der Waals surface area contributed by atoms with Gasteiger partial charge < -0.3 is 11.1 Å². The summed E-state index contributed by atoms with van der Waals surface area (Å²) in [5.41, 5.74) is 5.70. The Morgan fingerprint density at radius 1 is 1.25 bits per heavy atom. The van der Waals surface area contributed by atoms with Crippen molar-refractivity contribution in [3.63, 3.8) is 0 Å². The Morgan fingerprint density at radius 3 is 2.62 bits per heavy atom. The minimum atomic E-state index is 0. The van der Waals surface area contributed by atoms with E-state index >= 15 is 0 Å². The van der Waals surface area contributed by atoms with E-state index in [0.717, 1.165) is 25.3 Å². The van der Waals surface area contributed by atoms with Gasteiger partial charge in [0, 0.05) is 13.1 Å². The van der Waals surface area contributed by atoms with Crippen molar-refractivity contribution in [1.82, 2.24) is 5.32 Å². The van der Waals surface area contributed by atoms with E-state index in [9.17, 15) is 0 Å². The van der Waals surface area contributed by atoms with Gasteiger partial charge in [-0.25, -0.2) is 0 Å². The van der Waals surface area contributed by atoms with Crippen molar-refractivity contribution in [2.45, 2.75) is 39.0 Å². The average molecular weight is 359 g/mol. The molecule has 3 N–H and O–H groups in total. The van der Waals surface area contributed by atoms with Crippen molar-refractivity contribution < 1.29 is 0 Å². The number of thioether (sulfide) groups is 1. The molecule has 0 amide bonds. The van der Waals surface area contributed by atoms with Gasteiger partial charge in [0.25, 0.3) is 0 Å². The van der Waals surface area contributed by atoms with Gasteiger partial charge in [-0.05, 0) is 24.9 Å². The molecule has 0 aliphatic rings. The van der Waals surface area contributed by atoms with Crippen molar-refractivity contribution in [3.05, 3.63) is 0 Å². The van der Waals surface area contributed by atoms with E-state index in [4.69, 9.17) is 5.73 Å². The number of rotatable bonds is 9. The van der Waals surface area contributed by atoms with Crippen LogP contribution >= 0.6 is 35.7 Å². The van der Waals surface area contributed by atoms with Gasteiger partial charge >= 0.3 is 0 Å². The van der Waals surface area contributed by atoms with Crippen LogP contribution in [-0.2, 0) is 0 Å². The Labute approximate surface area is 121 Å². The van der Waals surface area contributed by atoms with Crippen LogP contribution in [0.3, 0.4) is 0 Å². The predicted octanol–water partition coefficient (Wildman–Crippen LogP) is 2.84. The maximum Gasteiger partial charge on any atom is 0.188 e. The third-order valence-corrected chi connectivity index (χ3v) is 2.82. The highest BCUT2D eigenvalue weighted by Crippen LogP contribution is 1.97. The average Bonchev–Trinajstić information content (AvgIpc) is 2.24. The van der Waals surface area contributed by atoms with Crippen molar-refractivity contribution in [2.24, 2.45) is 10.7 Å². The van der Waals surface area contributed by atoms with Crippen LogP contribution in [-0.4, -0.2) is 31.1 Å². The summed E-state index contributed by atoms with van der Waals surface area (Å²) in [5, 5.41) is 3.14. The van der Waals surface area contributed by atoms with E-state index in [1.807, 2.05) is 11.8 Å². The molecule has 3 nitrogen and oxygen atoms in total. The molecule has 0 aliphatic carbocycles. The van der Waals surface area contributed by atoms with Gasteiger partial charge in [-0.15, -0.1) is 24.0 Å². The molecule has 0 spiro atoms. The van der Waals surface area contributed by atoms with Crippen molar-refractivity contribution >= 4 is 41.7 Å². The Balaban J connectivity index is 0. The molecule has 0 bridgehead atoms. The fourth-order valence-corrected chi connectivity index (χ4v) is 1.65. The Hall–Kier alpha value is 0.350. The molecule has 5 heteroatoms. The summed E-state index contributed by atoms with van der Waals surface area (Å²) in [4.78, 5) is 4.25. The van der Waals surface area contributed by atoms with Crippen LogP contribution in [0.5, 0.6) is 0 Å². The molecule has 0 unspecified atom stereocenters. The molecule has 0 saturated carbocycles. The maximum atomic E-state index is 5.70. The molecule has 0 aromatic rings. The summed E-state index contributed by atoms with van der Waals surface area (Å²) in [6.45, 7) is 4.02. The molecule has 0 saturated heterocycles. The van der Waals surface area contributed by atoms with Gasteiger partial charge in [0.2, 0.25) is 0 Å². The first-order valence-corrected chi connectivity index (χ1v) is 7.23. The summed E-state index contributed by atoms with van der Waals surface area (Å²) in [7, 11) is 0. The second-order valence-corrected chi connectivity index (χ2v) is 4.59. The van der Waals surface area contributed by atoms with E-state index < -0.39 is 0 Å². The second kappa shape index (κ2) is 15.4. The standard InChI is InChI=1S/C11H25N3S.HI/c1-3-4-5-6-8-13-11(12)14-9-7-10-15-2;/h3-10H2,1-2H3,(H3,12,13,14);1H. The number of nitrogens with zero attached hydrogens (tertiary/aromatic N) is 1. The first-order chi connectivity index (χ1) is 7.31. The third-order valence-electron chi connectivity index (χ3n) is 2.13. The van der Waals surface area contributed by atoms with Crippen LogP contribution in [0, 0.1) is 0 Å². The van der Waals surface area contributed by atoms with Gasteiger partial charge in [-0.2, -0.15) is 11.8 Å². The Morgan fingerprint density at radius 2 is 2.00 bits per heavy atom. The molecular formula is C11H26IN3S. The summed E-state index contributed by atoms with van der Waals surface area (Å²) >= 11 is 1.85. The molecule has 0 atom stereocenters. The molecule has 0 rings (SSSR count). The number of hydrogen-bond donors (Lipinski definition) is 2. The number of nitrogens with one attached hydrogen (secondary N) is 1. The van der Waals surface area contributed by atoms with Crippen LogP contribution in [0.2, 0.25) is 0 Å². The van der Waals surface area contributed by atoms with Gasteiger partial charge in [-0.3, -0.25) is 4.99 Å². The zero-order valence-electron chi connectivity index (χ0n) is 10.5. The van der Waals surface area contributed by atoms with E-state index in [0.29, 0.717) is 5.96 Å². The molecule has 98 valence electrons. The maximum absolute atomic E-state index is 5.70. The van der Waals surface area contributed by atoms with Gasteiger partial charge in [0.1, 0.15) is 0 Å². The van der Waals surface area contributed by atoms with Crippen LogP contribution in [0.1, 0.15) is 39.0 Å². The van der Waals surface area contributed by atoms with E-state index in [1.54, 1.807) is 0 Å². The molecule has 0 fully saturated rings. The van der Waals surface area contributed by atoms with Gasteiger partial charge in [0.15, 0.2) is 5.96 Å². The highest BCUT2D eigenvalue weighted by atomic mass is 127. The molecular weight excluding hydrogens is 333 g/mol. The van der Waals surface area contributed by atoms with Gasteiger partial charge in [0.05, 0.1) is 0 Å². The largest absolute Gasteiger partial charge is 0.370 e. The molecule has 0 heterocycles. The zero-order chi connectivity index (χ0) is 11.4. The van der Waals surface area contributed by atoms with Crippen molar-refractivity contribution in [3.8, 4) is 0 Å². The van der Waals surface area contributed by atoms with Crippen LogP contribution in [0.25, 0.3) is 0 Å². The monoisotopic (exact) mass is 359 g/mol. The minimum absolute atomic E-state index is 0. The fraction of sp³-hybridized carbons (Fsp3) is 0.909. The number of nitrogens with two attached hydrogens (primary N) is 1. The summed E-state index contributed by atoms with van der Waals surface area (Å²) in [6, 6.07) is 0. The minimum Gasteiger partial charge on any atom is -0.370 e. The highest BCUT2D eigenvalue weighted by molar-refractivity contribution is 14.0. The molecule has 0 aliphatic heterocycles. The van der Waals surface area contributed by atoms with Crippen LogP contribution < -0.4 is 11.1 Å². The zero-order valence-corrected chi connectivity index (χ0v) is 13.6. The lowest BCUT2D eigenvalue weighted by Crippen LogP contribution is -2.32. The number of unbranched alkanes of at least 4 members (excludes halogenated alkanes) is 3. The highest BCUT2D eigenvalue weighted by Gasteiger charge is 1.91. The van der Waals surface area contributed by atoms with Crippen LogP contribution in [0.4, 0.5) is 0 Å². The van der Waals surface area contributed by atoms with E-state index in [2.05, 4.69) is 23.5 Å². The molecule has 0 aromatic heterocycles. The topological polar surface area (TPSA) is 50.4 Å². The molecule has 0 radical (unpaired) electrons. The SMILES string of the molecule is CCCCCCNC(N)=NCCCSC.I. The lowest BCUT2D eigenvalue weighted by Gasteiger charge is -2.04. The number of hydrogen-bond acceptors (Lipinski definition) is 2. The fourth-order valence-electron chi connectivity index (χ4n) is 1.23. The predicted molar refractivity (Wildman–Crippen MR) is 87.0 cm³/mol. The number of guanidine groups is 1. The van der Waals surface area contributed by atoms with Crippen molar-refractivity contribution in [1.29, 1.82) is 0 Å². The first-order valence-electron chi connectivity index (χ1n) is 5.84. The quantitative estimate of drug-likeness (QED) is 0.288. The second-order valence-electron chi connectivity index (χ2n) is 3.60. The smallest absolute Gasteiger partial charge is 0.188 e. The number of aliphatic imine (C=N–C) groups is 1. The Bertz CT molecular complexity index is 165. The first kappa shape index (κ1) is 18.7.